The first kappa shape index (κ1) is 15.4. The van der Waals surface area contributed by atoms with Gasteiger partial charge in [-0.2, -0.15) is 0 Å². The SMILES string of the molecule is CC(C)(C(=O)Nc1nc(-c2ccccc2)cs1)c1ccccc1. The molecule has 0 unspecified atom stereocenters. The molecule has 3 rings (SSSR count). The first-order chi connectivity index (χ1) is 11.1. The molecule has 0 aliphatic rings. The molecule has 1 aromatic heterocycles. The summed E-state index contributed by atoms with van der Waals surface area (Å²) >= 11 is 1.44. The van der Waals surface area contributed by atoms with E-state index in [2.05, 4.69) is 10.3 Å². The van der Waals surface area contributed by atoms with E-state index in [1.54, 1.807) is 0 Å². The summed E-state index contributed by atoms with van der Waals surface area (Å²) in [5, 5.41) is 5.52. The van der Waals surface area contributed by atoms with Crippen molar-refractivity contribution < 1.29 is 4.79 Å². The van der Waals surface area contributed by atoms with Gasteiger partial charge in [-0.1, -0.05) is 60.7 Å². The van der Waals surface area contributed by atoms with Crippen LogP contribution in [0.1, 0.15) is 19.4 Å². The number of amides is 1. The van der Waals surface area contributed by atoms with Crippen LogP contribution in [-0.4, -0.2) is 10.9 Å². The molecule has 1 amide bonds. The molecule has 0 spiro atoms. The first-order valence-electron chi connectivity index (χ1n) is 7.45. The number of thiazole rings is 1. The van der Waals surface area contributed by atoms with E-state index in [1.807, 2.05) is 79.9 Å². The van der Waals surface area contributed by atoms with Crippen LogP contribution in [0.4, 0.5) is 5.13 Å². The molecule has 0 radical (unpaired) electrons. The lowest BCUT2D eigenvalue weighted by Gasteiger charge is -2.23. The van der Waals surface area contributed by atoms with E-state index in [-0.39, 0.29) is 5.91 Å². The molecule has 1 N–H and O–H groups in total. The summed E-state index contributed by atoms with van der Waals surface area (Å²) in [4.78, 5) is 17.2. The molecule has 0 aliphatic carbocycles. The summed E-state index contributed by atoms with van der Waals surface area (Å²) in [6.45, 7) is 3.84. The van der Waals surface area contributed by atoms with Gasteiger partial charge in [0.25, 0.3) is 0 Å². The predicted octanol–water partition coefficient (Wildman–Crippen LogP) is 4.73. The lowest BCUT2D eigenvalue weighted by molar-refractivity contribution is -0.120. The van der Waals surface area contributed by atoms with Crippen LogP contribution in [0.2, 0.25) is 0 Å². The van der Waals surface area contributed by atoms with Gasteiger partial charge in [-0.15, -0.1) is 11.3 Å². The van der Waals surface area contributed by atoms with Crippen LogP contribution in [0.3, 0.4) is 0 Å². The van der Waals surface area contributed by atoms with Crippen LogP contribution in [0.5, 0.6) is 0 Å². The molecule has 2 aromatic carbocycles. The van der Waals surface area contributed by atoms with Crippen molar-refractivity contribution in [3.8, 4) is 11.3 Å². The van der Waals surface area contributed by atoms with E-state index < -0.39 is 5.41 Å². The van der Waals surface area contributed by atoms with Gasteiger partial charge in [0.1, 0.15) is 0 Å². The van der Waals surface area contributed by atoms with Gasteiger partial charge in [0, 0.05) is 10.9 Å². The Morgan fingerprint density at radius 2 is 1.61 bits per heavy atom. The summed E-state index contributed by atoms with van der Waals surface area (Å²) in [7, 11) is 0. The summed E-state index contributed by atoms with van der Waals surface area (Å²) in [6.07, 6.45) is 0. The molecule has 0 aliphatic heterocycles. The maximum Gasteiger partial charge on any atom is 0.236 e. The minimum atomic E-state index is -0.611. The number of nitrogens with zero attached hydrogens (tertiary/aromatic N) is 1. The van der Waals surface area contributed by atoms with Crippen molar-refractivity contribution in [3.05, 3.63) is 71.6 Å². The third-order valence-electron chi connectivity index (χ3n) is 3.86. The standard InChI is InChI=1S/C19H18N2OS/c1-19(2,15-11-7-4-8-12-15)17(22)21-18-20-16(13-23-18)14-9-5-3-6-10-14/h3-13H,1-2H3,(H,20,21,22). The number of carbonyl (C=O) groups is 1. The number of nitrogens with one attached hydrogen (secondary N) is 1. The van der Waals surface area contributed by atoms with E-state index in [4.69, 9.17) is 0 Å². The van der Waals surface area contributed by atoms with Crippen molar-refractivity contribution in [2.24, 2.45) is 0 Å². The molecule has 1 heterocycles. The molecule has 3 nitrogen and oxygen atoms in total. The number of benzene rings is 2. The Morgan fingerprint density at radius 1 is 1.00 bits per heavy atom. The normalized spacial score (nSPS) is 11.2. The van der Waals surface area contributed by atoms with Crippen molar-refractivity contribution in [2.75, 3.05) is 5.32 Å². The van der Waals surface area contributed by atoms with Gasteiger partial charge in [-0.05, 0) is 19.4 Å². The largest absolute Gasteiger partial charge is 0.301 e. The number of hydrogen-bond acceptors (Lipinski definition) is 3. The van der Waals surface area contributed by atoms with Crippen LogP contribution in [0.15, 0.2) is 66.0 Å². The topological polar surface area (TPSA) is 42.0 Å². The highest BCUT2D eigenvalue weighted by atomic mass is 32.1. The molecule has 3 aromatic rings. The minimum Gasteiger partial charge on any atom is -0.301 e. The second kappa shape index (κ2) is 6.34. The molecule has 0 atom stereocenters. The van der Waals surface area contributed by atoms with Crippen LogP contribution >= 0.6 is 11.3 Å². The van der Waals surface area contributed by atoms with Crippen LogP contribution in [-0.2, 0) is 10.2 Å². The second-order valence-corrected chi connectivity index (χ2v) is 6.71. The number of rotatable bonds is 4. The summed E-state index contributed by atoms with van der Waals surface area (Å²) < 4.78 is 0. The predicted molar refractivity (Wildman–Crippen MR) is 95.6 cm³/mol. The Morgan fingerprint density at radius 3 is 2.26 bits per heavy atom. The summed E-state index contributed by atoms with van der Waals surface area (Å²) in [6, 6.07) is 19.7. The number of anilines is 1. The average Bonchev–Trinajstić information content (AvgIpc) is 3.05. The zero-order chi connectivity index (χ0) is 16.3. The molecule has 0 bridgehead atoms. The number of aromatic nitrogens is 1. The monoisotopic (exact) mass is 322 g/mol. The van der Waals surface area contributed by atoms with E-state index in [0.29, 0.717) is 5.13 Å². The second-order valence-electron chi connectivity index (χ2n) is 5.85. The minimum absolute atomic E-state index is 0.0577. The van der Waals surface area contributed by atoms with Crippen LogP contribution in [0.25, 0.3) is 11.3 Å². The number of carbonyl (C=O) groups excluding carboxylic acids is 1. The fraction of sp³-hybridized carbons (Fsp3) is 0.158. The van der Waals surface area contributed by atoms with Crippen molar-refractivity contribution in [3.63, 3.8) is 0 Å². The highest BCUT2D eigenvalue weighted by Crippen LogP contribution is 2.28. The third-order valence-corrected chi connectivity index (χ3v) is 4.62. The zero-order valence-corrected chi connectivity index (χ0v) is 13.9. The molecule has 0 fully saturated rings. The molecule has 0 saturated heterocycles. The lowest BCUT2D eigenvalue weighted by Crippen LogP contribution is -2.34. The Kier molecular flexibility index (Phi) is 4.26. The van der Waals surface area contributed by atoms with Crippen molar-refractivity contribution in [1.29, 1.82) is 0 Å². The van der Waals surface area contributed by atoms with Gasteiger partial charge in [-0.3, -0.25) is 4.79 Å². The molecule has 23 heavy (non-hydrogen) atoms. The van der Waals surface area contributed by atoms with Crippen molar-refractivity contribution >= 4 is 22.4 Å². The maximum atomic E-state index is 12.6. The maximum absolute atomic E-state index is 12.6. The van der Waals surface area contributed by atoms with Gasteiger partial charge in [0.05, 0.1) is 11.1 Å². The zero-order valence-electron chi connectivity index (χ0n) is 13.1. The van der Waals surface area contributed by atoms with Crippen molar-refractivity contribution in [2.45, 2.75) is 19.3 Å². The van der Waals surface area contributed by atoms with E-state index in [1.165, 1.54) is 11.3 Å². The van der Waals surface area contributed by atoms with Gasteiger partial charge < -0.3 is 5.32 Å². The van der Waals surface area contributed by atoms with E-state index in [9.17, 15) is 4.79 Å². The Bertz CT molecular complexity index is 795. The van der Waals surface area contributed by atoms with Crippen molar-refractivity contribution in [1.82, 2.24) is 4.98 Å². The fourth-order valence-electron chi connectivity index (χ4n) is 2.31. The summed E-state index contributed by atoms with van der Waals surface area (Å²) in [5.41, 5.74) is 2.30. The van der Waals surface area contributed by atoms with Gasteiger partial charge in [0.15, 0.2) is 5.13 Å². The first-order valence-corrected chi connectivity index (χ1v) is 8.33. The van der Waals surface area contributed by atoms with Crippen LogP contribution in [0, 0.1) is 0 Å². The molecule has 116 valence electrons. The molecular weight excluding hydrogens is 304 g/mol. The highest BCUT2D eigenvalue weighted by Gasteiger charge is 2.30. The molecular formula is C19H18N2OS. The van der Waals surface area contributed by atoms with Gasteiger partial charge >= 0.3 is 0 Å². The molecule has 4 heteroatoms. The van der Waals surface area contributed by atoms with Gasteiger partial charge in [0.2, 0.25) is 5.91 Å². The van der Waals surface area contributed by atoms with Crippen LogP contribution < -0.4 is 5.32 Å². The van der Waals surface area contributed by atoms with E-state index in [0.717, 1.165) is 16.8 Å². The van der Waals surface area contributed by atoms with Gasteiger partial charge in [-0.25, -0.2) is 4.98 Å². The Labute approximate surface area is 140 Å². The smallest absolute Gasteiger partial charge is 0.236 e. The summed E-state index contributed by atoms with van der Waals surface area (Å²) in [5.74, 6) is -0.0577. The molecule has 0 saturated carbocycles. The number of hydrogen-bond donors (Lipinski definition) is 1. The lowest BCUT2D eigenvalue weighted by atomic mass is 9.84. The quantitative estimate of drug-likeness (QED) is 0.754. The fourth-order valence-corrected chi connectivity index (χ4v) is 3.03. The third kappa shape index (κ3) is 3.32. The van der Waals surface area contributed by atoms with E-state index >= 15 is 0 Å². The highest BCUT2D eigenvalue weighted by molar-refractivity contribution is 7.14. The Balaban J connectivity index is 1.77. The average molecular weight is 322 g/mol. The Hall–Kier alpha value is -2.46.